The van der Waals surface area contributed by atoms with Crippen molar-refractivity contribution in [2.75, 3.05) is 19.0 Å². The summed E-state index contributed by atoms with van der Waals surface area (Å²) in [7, 11) is 1.69. The fourth-order valence-corrected chi connectivity index (χ4v) is 4.41. The molecule has 5 rings (SSSR count). The molecule has 0 bridgehead atoms. The van der Waals surface area contributed by atoms with Crippen LogP contribution in [-0.4, -0.2) is 29.0 Å². The van der Waals surface area contributed by atoms with Gasteiger partial charge in [-0.25, -0.2) is 0 Å². The molecule has 33 heavy (non-hydrogen) atoms. The molecular weight excluding hydrogens is 414 g/mol. The predicted octanol–water partition coefficient (Wildman–Crippen LogP) is 5.26. The monoisotopic (exact) mass is 441 g/mol. The first-order chi connectivity index (χ1) is 16.1. The molecule has 0 aliphatic carbocycles. The SMILES string of the molecule is COc1cccc(C2c3cccn3CCN2Cc2ccc(C(=O)Nc3ccc(C)cc3)o2)c1. The van der Waals surface area contributed by atoms with Gasteiger partial charge < -0.3 is 19.0 Å². The summed E-state index contributed by atoms with van der Waals surface area (Å²) in [6.45, 7) is 4.39. The Kier molecular flexibility index (Phi) is 5.75. The third-order valence-electron chi connectivity index (χ3n) is 6.10. The number of rotatable bonds is 6. The minimum Gasteiger partial charge on any atom is -0.497 e. The highest BCUT2D eigenvalue weighted by molar-refractivity contribution is 6.02. The number of amides is 1. The van der Waals surface area contributed by atoms with Gasteiger partial charge in [-0.3, -0.25) is 9.69 Å². The summed E-state index contributed by atoms with van der Waals surface area (Å²) in [6, 6.07) is 23.9. The number of nitrogens with one attached hydrogen (secondary N) is 1. The Morgan fingerprint density at radius 3 is 2.73 bits per heavy atom. The summed E-state index contributed by atoms with van der Waals surface area (Å²) in [6.07, 6.45) is 2.13. The van der Waals surface area contributed by atoms with Gasteiger partial charge in [0.05, 0.1) is 19.7 Å². The van der Waals surface area contributed by atoms with Crippen molar-refractivity contribution in [1.82, 2.24) is 9.47 Å². The highest BCUT2D eigenvalue weighted by atomic mass is 16.5. The number of anilines is 1. The van der Waals surface area contributed by atoms with Gasteiger partial charge in [-0.2, -0.15) is 0 Å². The molecule has 6 nitrogen and oxygen atoms in total. The normalized spacial score (nSPS) is 15.8. The number of hydrogen-bond acceptors (Lipinski definition) is 4. The van der Waals surface area contributed by atoms with E-state index in [-0.39, 0.29) is 11.9 Å². The zero-order valence-corrected chi connectivity index (χ0v) is 18.8. The number of carbonyl (C=O) groups is 1. The fraction of sp³-hybridized carbons (Fsp3) is 0.222. The van der Waals surface area contributed by atoms with Gasteiger partial charge in [0.25, 0.3) is 5.91 Å². The molecule has 2 aromatic heterocycles. The summed E-state index contributed by atoms with van der Waals surface area (Å²) in [5.41, 5.74) is 4.29. The molecule has 0 saturated carbocycles. The average Bonchev–Trinajstić information content (AvgIpc) is 3.50. The number of hydrogen-bond donors (Lipinski definition) is 1. The lowest BCUT2D eigenvalue weighted by Gasteiger charge is -2.37. The molecule has 0 spiro atoms. The summed E-state index contributed by atoms with van der Waals surface area (Å²) in [5.74, 6) is 1.66. The number of fused-ring (bicyclic) bond motifs is 1. The molecule has 2 aromatic carbocycles. The molecule has 6 heteroatoms. The van der Waals surface area contributed by atoms with Crippen molar-refractivity contribution in [3.05, 3.63) is 107 Å². The smallest absolute Gasteiger partial charge is 0.291 e. The van der Waals surface area contributed by atoms with E-state index in [0.717, 1.165) is 41.4 Å². The van der Waals surface area contributed by atoms with Gasteiger partial charge in [-0.05, 0) is 61.0 Å². The molecule has 0 saturated heterocycles. The van der Waals surface area contributed by atoms with Crippen LogP contribution in [0.15, 0.2) is 83.4 Å². The quantitative estimate of drug-likeness (QED) is 0.444. The highest BCUT2D eigenvalue weighted by Crippen LogP contribution is 2.35. The summed E-state index contributed by atoms with van der Waals surface area (Å²) >= 11 is 0. The van der Waals surface area contributed by atoms with Crippen LogP contribution in [0.4, 0.5) is 5.69 Å². The van der Waals surface area contributed by atoms with E-state index in [0.29, 0.717) is 12.3 Å². The van der Waals surface area contributed by atoms with Crippen LogP contribution in [0.2, 0.25) is 0 Å². The zero-order valence-electron chi connectivity index (χ0n) is 18.8. The first-order valence-electron chi connectivity index (χ1n) is 11.1. The van der Waals surface area contributed by atoms with Crippen LogP contribution in [-0.2, 0) is 13.1 Å². The second kappa shape index (κ2) is 9.00. The lowest BCUT2D eigenvalue weighted by atomic mass is 9.99. The van der Waals surface area contributed by atoms with Crippen LogP contribution < -0.4 is 10.1 Å². The van der Waals surface area contributed by atoms with E-state index in [1.165, 1.54) is 5.69 Å². The molecule has 1 unspecified atom stereocenters. The number of carbonyl (C=O) groups excluding carboxylic acids is 1. The number of ether oxygens (including phenoxy) is 1. The maximum atomic E-state index is 12.7. The molecule has 168 valence electrons. The minimum absolute atomic E-state index is 0.0683. The molecule has 1 atom stereocenters. The number of aromatic nitrogens is 1. The van der Waals surface area contributed by atoms with E-state index >= 15 is 0 Å². The molecule has 1 N–H and O–H groups in total. The molecule has 4 aromatic rings. The van der Waals surface area contributed by atoms with E-state index < -0.39 is 0 Å². The van der Waals surface area contributed by atoms with Crippen molar-refractivity contribution in [2.24, 2.45) is 0 Å². The van der Waals surface area contributed by atoms with Crippen LogP contribution in [0, 0.1) is 6.92 Å². The molecule has 1 aliphatic rings. The van der Waals surface area contributed by atoms with Gasteiger partial charge in [0.2, 0.25) is 0 Å². The van der Waals surface area contributed by atoms with Crippen LogP contribution >= 0.6 is 0 Å². The number of nitrogens with zero attached hydrogens (tertiary/aromatic N) is 2. The fourth-order valence-electron chi connectivity index (χ4n) is 4.41. The third-order valence-corrected chi connectivity index (χ3v) is 6.10. The van der Waals surface area contributed by atoms with Crippen molar-refractivity contribution in [3.63, 3.8) is 0 Å². The maximum absolute atomic E-state index is 12.7. The highest BCUT2D eigenvalue weighted by Gasteiger charge is 2.30. The second-order valence-electron chi connectivity index (χ2n) is 8.36. The van der Waals surface area contributed by atoms with Crippen LogP contribution in [0.1, 0.15) is 39.2 Å². The van der Waals surface area contributed by atoms with E-state index in [9.17, 15) is 4.79 Å². The Balaban J connectivity index is 1.36. The van der Waals surface area contributed by atoms with E-state index in [1.807, 2.05) is 49.4 Å². The van der Waals surface area contributed by atoms with Gasteiger partial charge in [0.15, 0.2) is 5.76 Å². The van der Waals surface area contributed by atoms with Crippen LogP contribution in [0.25, 0.3) is 0 Å². The van der Waals surface area contributed by atoms with Gasteiger partial charge in [0.1, 0.15) is 11.5 Å². The molecular formula is C27H27N3O3. The molecule has 0 radical (unpaired) electrons. The van der Waals surface area contributed by atoms with Crippen LogP contribution in [0.5, 0.6) is 5.75 Å². The summed E-state index contributed by atoms with van der Waals surface area (Å²) in [5, 5.41) is 2.90. The second-order valence-corrected chi connectivity index (χ2v) is 8.36. The Hall–Kier alpha value is -3.77. The van der Waals surface area contributed by atoms with E-state index in [4.69, 9.17) is 9.15 Å². The number of furan rings is 1. The molecule has 0 fully saturated rings. The Labute approximate surface area is 193 Å². The Morgan fingerprint density at radius 1 is 1.06 bits per heavy atom. The van der Waals surface area contributed by atoms with Crippen molar-refractivity contribution in [1.29, 1.82) is 0 Å². The summed E-state index contributed by atoms with van der Waals surface area (Å²) < 4.78 is 13.7. The number of methoxy groups -OCH3 is 1. The van der Waals surface area contributed by atoms with E-state index in [2.05, 4.69) is 45.2 Å². The topological polar surface area (TPSA) is 59.6 Å². The standard InChI is InChI=1S/C27H27N3O3/c1-19-8-10-21(11-9-19)28-27(31)25-13-12-23(33-25)18-30-16-15-29-14-4-7-24(29)26(30)20-5-3-6-22(17-20)32-2/h3-14,17,26H,15-16,18H2,1-2H3,(H,28,31). The maximum Gasteiger partial charge on any atom is 0.291 e. The first kappa shape index (κ1) is 21.1. The van der Waals surface area contributed by atoms with Gasteiger partial charge >= 0.3 is 0 Å². The summed E-state index contributed by atoms with van der Waals surface area (Å²) in [4.78, 5) is 15.0. The van der Waals surface area contributed by atoms with Gasteiger partial charge in [-0.1, -0.05) is 29.8 Å². The predicted molar refractivity (Wildman–Crippen MR) is 128 cm³/mol. The minimum atomic E-state index is -0.248. The van der Waals surface area contributed by atoms with Crippen molar-refractivity contribution in [2.45, 2.75) is 26.1 Å². The number of benzene rings is 2. The lowest BCUT2D eigenvalue weighted by molar-refractivity contribution is 0.0990. The molecule has 1 aliphatic heterocycles. The van der Waals surface area contributed by atoms with Crippen molar-refractivity contribution in [3.8, 4) is 5.75 Å². The van der Waals surface area contributed by atoms with Crippen molar-refractivity contribution < 1.29 is 13.9 Å². The van der Waals surface area contributed by atoms with Crippen LogP contribution in [0.3, 0.4) is 0 Å². The lowest BCUT2D eigenvalue weighted by Crippen LogP contribution is -2.37. The Morgan fingerprint density at radius 2 is 1.91 bits per heavy atom. The van der Waals surface area contributed by atoms with Crippen molar-refractivity contribution >= 4 is 11.6 Å². The zero-order chi connectivity index (χ0) is 22.8. The van der Waals surface area contributed by atoms with E-state index in [1.54, 1.807) is 13.2 Å². The third kappa shape index (κ3) is 4.43. The molecule has 3 heterocycles. The molecule has 1 amide bonds. The largest absolute Gasteiger partial charge is 0.497 e. The average molecular weight is 442 g/mol. The Bertz CT molecular complexity index is 1260. The number of aryl methyl sites for hydroxylation is 1. The van der Waals surface area contributed by atoms with Gasteiger partial charge in [-0.15, -0.1) is 0 Å². The van der Waals surface area contributed by atoms with Gasteiger partial charge in [0, 0.05) is 30.7 Å². The first-order valence-corrected chi connectivity index (χ1v) is 11.1.